The molecule has 1 aliphatic heterocycles. The Balaban J connectivity index is 1.84. The summed E-state index contributed by atoms with van der Waals surface area (Å²) in [6.07, 6.45) is 2.42. The minimum atomic E-state index is -0.456. The fourth-order valence-electron chi connectivity index (χ4n) is 2.15. The van der Waals surface area contributed by atoms with Crippen LogP contribution in [0.1, 0.15) is 33.2 Å². The number of anilines is 1. The van der Waals surface area contributed by atoms with Crippen LogP contribution in [0, 0.1) is 0 Å². The second-order valence-electron chi connectivity index (χ2n) is 6.27. The zero-order valence-electron chi connectivity index (χ0n) is 13.0. The Morgan fingerprint density at radius 3 is 2.86 bits per heavy atom. The summed E-state index contributed by atoms with van der Waals surface area (Å²) in [4.78, 5) is 13.6. The number of likely N-dealkylation sites (tertiary alicyclic amines) is 1. The minimum Gasteiger partial charge on any atom is -0.444 e. The van der Waals surface area contributed by atoms with E-state index >= 15 is 0 Å². The molecule has 7 heteroatoms. The Morgan fingerprint density at radius 2 is 2.24 bits per heavy atom. The Morgan fingerprint density at radius 1 is 1.52 bits per heavy atom. The molecule has 0 saturated carbocycles. The van der Waals surface area contributed by atoms with E-state index in [1.807, 2.05) is 31.5 Å². The van der Waals surface area contributed by atoms with Crippen LogP contribution < -0.4 is 11.1 Å². The number of nitrogens with zero attached hydrogens (tertiary/aromatic N) is 3. The minimum absolute atomic E-state index is 0.202. The van der Waals surface area contributed by atoms with E-state index in [1.54, 1.807) is 11.1 Å². The van der Waals surface area contributed by atoms with Gasteiger partial charge in [-0.2, -0.15) is 5.10 Å². The first-order valence-electron chi connectivity index (χ1n) is 7.36. The third-order valence-corrected chi connectivity index (χ3v) is 3.22. The third kappa shape index (κ3) is 4.10. The van der Waals surface area contributed by atoms with E-state index in [0.29, 0.717) is 19.6 Å². The lowest BCUT2D eigenvalue weighted by atomic mass is 10.1. The molecule has 7 nitrogen and oxygen atoms in total. The molecule has 0 unspecified atom stereocenters. The van der Waals surface area contributed by atoms with Gasteiger partial charge in [0.1, 0.15) is 11.4 Å². The lowest BCUT2D eigenvalue weighted by Gasteiger charge is -2.40. The predicted molar refractivity (Wildman–Crippen MR) is 81.2 cm³/mol. The molecule has 0 spiro atoms. The number of carbonyl (C=O) groups excluding carboxylic acids is 1. The molecule has 2 rings (SSSR count). The van der Waals surface area contributed by atoms with Gasteiger partial charge in [0.15, 0.2) is 0 Å². The van der Waals surface area contributed by atoms with Crippen molar-refractivity contribution in [2.24, 2.45) is 5.73 Å². The standard InChI is InChI=1S/C14H25N5O2/c1-14(2,3)21-13(20)18-9-11(10-18)19-12(5-8-17-19)16-7-4-6-15/h5,8,11,16H,4,6-7,9-10,15H2,1-3H3. The first-order valence-corrected chi connectivity index (χ1v) is 7.36. The Kier molecular flexibility index (Phi) is 4.72. The molecule has 118 valence electrons. The number of aromatic nitrogens is 2. The van der Waals surface area contributed by atoms with E-state index in [0.717, 1.165) is 18.8 Å². The van der Waals surface area contributed by atoms with E-state index in [-0.39, 0.29) is 12.1 Å². The largest absolute Gasteiger partial charge is 0.444 e. The summed E-state index contributed by atoms with van der Waals surface area (Å²) in [5.41, 5.74) is 5.03. The molecule has 0 bridgehead atoms. The average molecular weight is 295 g/mol. The van der Waals surface area contributed by atoms with Crippen LogP contribution in [0.25, 0.3) is 0 Å². The maximum absolute atomic E-state index is 11.9. The lowest BCUT2D eigenvalue weighted by molar-refractivity contribution is -0.000137. The Hall–Kier alpha value is -1.76. The molecule has 3 N–H and O–H groups in total. The lowest BCUT2D eigenvalue weighted by Crippen LogP contribution is -2.52. The highest BCUT2D eigenvalue weighted by atomic mass is 16.6. The number of ether oxygens (including phenoxy) is 1. The van der Waals surface area contributed by atoms with Crippen molar-refractivity contribution in [2.45, 2.75) is 38.8 Å². The maximum atomic E-state index is 11.9. The molecule has 2 heterocycles. The van der Waals surface area contributed by atoms with Crippen LogP contribution in [0.15, 0.2) is 12.3 Å². The highest BCUT2D eigenvalue weighted by Gasteiger charge is 2.35. The number of nitrogens with two attached hydrogens (primary N) is 1. The monoisotopic (exact) mass is 295 g/mol. The van der Waals surface area contributed by atoms with Crippen LogP contribution in [0.2, 0.25) is 0 Å². The van der Waals surface area contributed by atoms with Gasteiger partial charge in [-0.3, -0.25) is 0 Å². The molecule has 21 heavy (non-hydrogen) atoms. The van der Waals surface area contributed by atoms with Crippen molar-refractivity contribution in [2.75, 3.05) is 31.5 Å². The third-order valence-electron chi connectivity index (χ3n) is 3.22. The maximum Gasteiger partial charge on any atom is 0.410 e. The quantitative estimate of drug-likeness (QED) is 0.803. The topological polar surface area (TPSA) is 85.4 Å². The van der Waals surface area contributed by atoms with Crippen molar-refractivity contribution >= 4 is 11.9 Å². The number of amides is 1. The van der Waals surface area contributed by atoms with Gasteiger partial charge in [-0.25, -0.2) is 9.48 Å². The molecule has 0 aliphatic carbocycles. The number of nitrogens with one attached hydrogen (secondary N) is 1. The van der Waals surface area contributed by atoms with Crippen molar-refractivity contribution in [1.29, 1.82) is 0 Å². The summed E-state index contributed by atoms with van der Waals surface area (Å²) in [7, 11) is 0. The van der Waals surface area contributed by atoms with Gasteiger partial charge in [-0.1, -0.05) is 0 Å². The SMILES string of the molecule is CC(C)(C)OC(=O)N1CC(n2nccc2NCCCN)C1. The number of hydrogen-bond acceptors (Lipinski definition) is 5. The zero-order chi connectivity index (χ0) is 15.5. The molecule has 1 aromatic rings. The van der Waals surface area contributed by atoms with Gasteiger partial charge < -0.3 is 20.7 Å². The van der Waals surface area contributed by atoms with Gasteiger partial charge in [0.05, 0.1) is 12.2 Å². The summed E-state index contributed by atoms with van der Waals surface area (Å²) in [5.74, 6) is 0.970. The van der Waals surface area contributed by atoms with Gasteiger partial charge >= 0.3 is 6.09 Å². The van der Waals surface area contributed by atoms with E-state index in [1.165, 1.54) is 0 Å². The van der Waals surface area contributed by atoms with Gasteiger partial charge in [0.2, 0.25) is 0 Å². The van der Waals surface area contributed by atoms with Gasteiger partial charge in [-0.15, -0.1) is 0 Å². The molecular formula is C14H25N5O2. The molecule has 1 aromatic heterocycles. The van der Waals surface area contributed by atoms with Crippen LogP contribution in [0.5, 0.6) is 0 Å². The van der Waals surface area contributed by atoms with E-state index in [2.05, 4.69) is 10.4 Å². The van der Waals surface area contributed by atoms with E-state index in [4.69, 9.17) is 10.5 Å². The predicted octanol–water partition coefficient (Wildman–Crippen LogP) is 1.44. The van der Waals surface area contributed by atoms with Crippen LogP contribution in [0.3, 0.4) is 0 Å². The highest BCUT2D eigenvalue weighted by Crippen LogP contribution is 2.25. The fourth-order valence-corrected chi connectivity index (χ4v) is 2.15. The smallest absolute Gasteiger partial charge is 0.410 e. The number of rotatable bonds is 5. The molecule has 1 aliphatic rings. The van der Waals surface area contributed by atoms with Gasteiger partial charge in [-0.05, 0) is 33.7 Å². The van der Waals surface area contributed by atoms with Crippen LogP contribution in [-0.4, -0.2) is 52.6 Å². The summed E-state index contributed by atoms with van der Waals surface area (Å²) in [5, 5.41) is 7.64. The van der Waals surface area contributed by atoms with Crippen molar-refractivity contribution in [3.8, 4) is 0 Å². The normalized spacial score (nSPS) is 15.7. The fraction of sp³-hybridized carbons (Fsp3) is 0.714. The Bertz CT molecular complexity index is 474. The highest BCUT2D eigenvalue weighted by molar-refractivity contribution is 5.69. The molecule has 0 atom stereocenters. The van der Waals surface area contributed by atoms with Crippen molar-refractivity contribution in [3.05, 3.63) is 12.3 Å². The van der Waals surface area contributed by atoms with Gasteiger partial charge in [0.25, 0.3) is 0 Å². The summed E-state index contributed by atoms with van der Waals surface area (Å²) < 4.78 is 7.27. The molecule has 1 amide bonds. The van der Waals surface area contributed by atoms with Crippen molar-refractivity contribution in [3.63, 3.8) is 0 Å². The second-order valence-corrected chi connectivity index (χ2v) is 6.27. The van der Waals surface area contributed by atoms with Crippen LogP contribution in [0.4, 0.5) is 10.6 Å². The van der Waals surface area contributed by atoms with Gasteiger partial charge in [0, 0.05) is 25.7 Å². The van der Waals surface area contributed by atoms with E-state index in [9.17, 15) is 4.79 Å². The van der Waals surface area contributed by atoms with Crippen LogP contribution in [-0.2, 0) is 4.74 Å². The van der Waals surface area contributed by atoms with Crippen molar-refractivity contribution in [1.82, 2.24) is 14.7 Å². The first-order chi connectivity index (χ1) is 9.90. The van der Waals surface area contributed by atoms with Crippen LogP contribution >= 0.6 is 0 Å². The summed E-state index contributed by atoms with van der Waals surface area (Å²) in [6, 6.07) is 2.14. The molecule has 0 radical (unpaired) electrons. The average Bonchev–Trinajstić information content (AvgIpc) is 2.73. The Labute approximate surface area is 125 Å². The first kappa shape index (κ1) is 15.6. The number of carbonyl (C=O) groups is 1. The number of hydrogen-bond donors (Lipinski definition) is 2. The molecule has 1 saturated heterocycles. The molecular weight excluding hydrogens is 270 g/mol. The van der Waals surface area contributed by atoms with Crippen molar-refractivity contribution < 1.29 is 9.53 Å². The second kappa shape index (κ2) is 6.34. The summed E-state index contributed by atoms with van der Waals surface area (Å²) >= 11 is 0. The van der Waals surface area contributed by atoms with E-state index < -0.39 is 5.60 Å². The molecule has 0 aromatic carbocycles. The molecule has 1 fully saturated rings. The zero-order valence-corrected chi connectivity index (χ0v) is 13.0. The summed E-state index contributed by atoms with van der Waals surface area (Å²) in [6.45, 7) is 8.35.